The topological polar surface area (TPSA) is 102 Å². The van der Waals surface area contributed by atoms with E-state index in [0.717, 1.165) is 37.0 Å². The zero-order chi connectivity index (χ0) is 15.8. The summed E-state index contributed by atoms with van der Waals surface area (Å²) in [5, 5.41) is 8.16. The van der Waals surface area contributed by atoms with Crippen molar-refractivity contribution in [1.82, 2.24) is 4.98 Å². The van der Waals surface area contributed by atoms with Crippen LogP contribution in [0.25, 0.3) is 0 Å². The van der Waals surface area contributed by atoms with Crippen molar-refractivity contribution in [2.45, 2.75) is 50.7 Å². The second kappa shape index (κ2) is 5.66. The van der Waals surface area contributed by atoms with Crippen LogP contribution in [0.4, 0.5) is 5.13 Å². The number of hydrogen-bond acceptors (Lipinski definition) is 5. The monoisotopic (exact) mass is 331 g/mol. The third-order valence-corrected chi connectivity index (χ3v) is 6.69. The lowest BCUT2D eigenvalue weighted by atomic mass is 9.68. The van der Waals surface area contributed by atoms with Crippen molar-refractivity contribution < 1.29 is 13.2 Å². The number of nitrogens with two attached hydrogens (primary N) is 1. The lowest BCUT2D eigenvalue weighted by molar-refractivity contribution is -0.124. The minimum absolute atomic E-state index is 0.000652. The molecule has 1 aliphatic rings. The van der Waals surface area contributed by atoms with Crippen LogP contribution in [-0.2, 0) is 14.8 Å². The van der Waals surface area contributed by atoms with E-state index in [2.05, 4.69) is 24.1 Å². The number of aryl methyl sites for hydroxylation is 1. The number of carbonyl (C=O) groups is 1. The van der Waals surface area contributed by atoms with Crippen LogP contribution in [0.5, 0.6) is 0 Å². The smallest absolute Gasteiger partial charge is 0.249 e. The molecular formula is C13H21N3O3S2. The molecule has 0 radical (unpaired) electrons. The molecule has 3 N–H and O–H groups in total. The SMILES string of the molecule is Cc1nc(NC(=O)C2CCCCC2(C)C)sc1S(N)(=O)=O. The average Bonchev–Trinajstić information content (AvgIpc) is 2.69. The second-order valence-electron chi connectivity index (χ2n) is 6.21. The molecular weight excluding hydrogens is 310 g/mol. The zero-order valence-electron chi connectivity index (χ0n) is 12.5. The van der Waals surface area contributed by atoms with Crippen LogP contribution >= 0.6 is 11.3 Å². The number of primary sulfonamides is 1. The molecule has 1 aromatic rings. The Morgan fingerprint density at radius 3 is 2.62 bits per heavy atom. The zero-order valence-corrected chi connectivity index (χ0v) is 14.1. The van der Waals surface area contributed by atoms with Gasteiger partial charge in [0.25, 0.3) is 0 Å². The normalized spacial score (nSPS) is 22.0. The van der Waals surface area contributed by atoms with Crippen molar-refractivity contribution in [3.63, 3.8) is 0 Å². The van der Waals surface area contributed by atoms with Crippen LogP contribution < -0.4 is 10.5 Å². The van der Waals surface area contributed by atoms with Crippen LogP contribution in [0.1, 0.15) is 45.2 Å². The second-order valence-corrected chi connectivity index (χ2v) is 8.97. The number of rotatable bonds is 3. The highest BCUT2D eigenvalue weighted by Gasteiger charge is 2.37. The number of thiazole rings is 1. The maximum absolute atomic E-state index is 12.4. The summed E-state index contributed by atoms with van der Waals surface area (Å²) in [5.41, 5.74) is 0.276. The van der Waals surface area contributed by atoms with Crippen LogP contribution in [0.3, 0.4) is 0 Å². The van der Waals surface area contributed by atoms with Gasteiger partial charge in [0.15, 0.2) is 9.34 Å². The standard InChI is InChI=1S/C13H21N3O3S2/c1-8-11(21(14,18)19)20-12(15-8)16-10(17)9-6-4-5-7-13(9,2)3/h9H,4-7H2,1-3H3,(H2,14,18,19)(H,15,16,17). The fourth-order valence-corrected chi connectivity index (χ4v) is 4.73. The van der Waals surface area contributed by atoms with Crippen LogP contribution in [0, 0.1) is 18.3 Å². The van der Waals surface area contributed by atoms with Crippen molar-refractivity contribution >= 4 is 32.4 Å². The van der Waals surface area contributed by atoms with E-state index in [-0.39, 0.29) is 21.4 Å². The van der Waals surface area contributed by atoms with Crippen LogP contribution in [0.2, 0.25) is 0 Å². The van der Waals surface area contributed by atoms with Crippen molar-refractivity contribution in [3.8, 4) is 0 Å². The van der Waals surface area contributed by atoms with Gasteiger partial charge in [0.05, 0.1) is 5.69 Å². The highest BCUT2D eigenvalue weighted by atomic mass is 32.2. The van der Waals surface area contributed by atoms with E-state index in [0.29, 0.717) is 10.8 Å². The van der Waals surface area contributed by atoms with Crippen molar-refractivity contribution in [1.29, 1.82) is 0 Å². The molecule has 1 atom stereocenters. The molecule has 1 aromatic heterocycles. The molecule has 2 rings (SSSR count). The van der Waals surface area contributed by atoms with Crippen molar-refractivity contribution in [2.75, 3.05) is 5.32 Å². The van der Waals surface area contributed by atoms with E-state index in [1.165, 1.54) is 0 Å². The summed E-state index contributed by atoms with van der Waals surface area (Å²) >= 11 is 0.903. The van der Waals surface area contributed by atoms with E-state index in [1.807, 2.05) is 0 Å². The Kier molecular flexibility index (Phi) is 4.41. The molecule has 0 aromatic carbocycles. The average molecular weight is 331 g/mol. The Balaban J connectivity index is 2.17. The van der Waals surface area contributed by atoms with Gasteiger partial charge in [-0.1, -0.05) is 38.0 Å². The molecule has 8 heteroatoms. The number of nitrogens with one attached hydrogen (secondary N) is 1. The van der Waals surface area contributed by atoms with E-state index in [1.54, 1.807) is 6.92 Å². The highest BCUT2D eigenvalue weighted by Crippen LogP contribution is 2.41. The molecule has 0 spiro atoms. The molecule has 6 nitrogen and oxygen atoms in total. The number of sulfonamides is 1. The first kappa shape index (κ1) is 16.4. The summed E-state index contributed by atoms with van der Waals surface area (Å²) in [5.74, 6) is -0.164. The summed E-state index contributed by atoms with van der Waals surface area (Å²) in [6.07, 6.45) is 4.05. The fourth-order valence-electron chi connectivity index (χ4n) is 2.87. The van der Waals surface area contributed by atoms with E-state index >= 15 is 0 Å². The molecule has 1 amide bonds. The first-order valence-electron chi connectivity index (χ1n) is 6.92. The Morgan fingerprint density at radius 2 is 2.10 bits per heavy atom. The maximum atomic E-state index is 12.4. The molecule has 0 aliphatic heterocycles. The first-order chi connectivity index (χ1) is 9.61. The van der Waals surface area contributed by atoms with Gasteiger partial charge in [-0.15, -0.1) is 0 Å². The predicted octanol–water partition coefficient (Wildman–Crippen LogP) is 2.25. The van der Waals surface area contributed by atoms with Crippen LogP contribution in [-0.4, -0.2) is 19.3 Å². The Bertz CT molecular complexity index is 650. The lowest BCUT2D eigenvalue weighted by Gasteiger charge is -2.37. The Hall–Kier alpha value is -0.990. The van der Waals surface area contributed by atoms with Gasteiger partial charge >= 0.3 is 0 Å². The number of amides is 1. The number of aromatic nitrogens is 1. The number of carbonyl (C=O) groups excluding carboxylic acids is 1. The van der Waals surface area contributed by atoms with Gasteiger partial charge in [0, 0.05) is 5.92 Å². The molecule has 1 heterocycles. The minimum atomic E-state index is -3.79. The van der Waals surface area contributed by atoms with E-state index < -0.39 is 10.0 Å². The van der Waals surface area contributed by atoms with E-state index in [9.17, 15) is 13.2 Å². The van der Waals surface area contributed by atoms with Crippen molar-refractivity contribution in [2.24, 2.45) is 16.5 Å². The highest BCUT2D eigenvalue weighted by molar-refractivity contribution is 7.91. The Labute approximate surface area is 129 Å². The summed E-state index contributed by atoms with van der Waals surface area (Å²) in [4.78, 5) is 16.5. The van der Waals surface area contributed by atoms with Gasteiger partial charge < -0.3 is 5.32 Å². The number of hydrogen-bond donors (Lipinski definition) is 2. The third-order valence-electron chi connectivity index (χ3n) is 4.07. The van der Waals surface area contributed by atoms with Gasteiger partial charge in [-0.05, 0) is 25.2 Å². The van der Waals surface area contributed by atoms with Gasteiger partial charge in [0.1, 0.15) is 0 Å². The van der Waals surface area contributed by atoms with Gasteiger partial charge in [-0.3, -0.25) is 4.79 Å². The quantitative estimate of drug-likeness (QED) is 0.886. The Morgan fingerprint density at radius 1 is 1.43 bits per heavy atom. The van der Waals surface area contributed by atoms with Crippen molar-refractivity contribution in [3.05, 3.63) is 5.69 Å². The lowest BCUT2D eigenvalue weighted by Crippen LogP contribution is -2.37. The third kappa shape index (κ3) is 3.61. The molecule has 0 bridgehead atoms. The molecule has 0 saturated heterocycles. The fraction of sp³-hybridized carbons (Fsp3) is 0.692. The molecule has 1 unspecified atom stereocenters. The number of nitrogens with zero attached hydrogens (tertiary/aromatic N) is 1. The molecule has 1 fully saturated rings. The molecule has 118 valence electrons. The number of anilines is 1. The van der Waals surface area contributed by atoms with Gasteiger partial charge in [0.2, 0.25) is 15.9 Å². The molecule has 21 heavy (non-hydrogen) atoms. The maximum Gasteiger partial charge on any atom is 0.249 e. The predicted molar refractivity (Wildman–Crippen MR) is 82.6 cm³/mol. The van der Waals surface area contributed by atoms with Gasteiger partial charge in [-0.2, -0.15) is 0 Å². The summed E-state index contributed by atoms with van der Waals surface area (Å²) in [6.45, 7) is 5.76. The molecule has 1 saturated carbocycles. The summed E-state index contributed by atoms with van der Waals surface area (Å²) in [6, 6.07) is 0. The summed E-state index contributed by atoms with van der Waals surface area (Å²) < 4.78 is 22.8. The van der Waals surface area contributed by atoms with Crippen LogP contribution in [0.15, 0.2) is 4.21 Å². The first-order valence-corrected chi connectivity index (χ1v) is 9.28. The minimum Gasteiger partial charge on any atom is -0.302 e. The van der Waals surface area contributed by atoms with E-state index in [4.69, 9.17) is 5.14 Å². The molecule has 1 aliphatic carbocycles. The summed E-state index contributed by atoms with van der Waals surface area (Å²) in [7, 11) is -3.79. The van der Waals surface area contributed by atoms with Gasteiger partial charge in [-0.25, -0.2) is 18.5 Å². The largest absolute Gasteiger partial charge is 0.302 e.